The first-order chi connectivity index (χ1) is 9.60. The monoisotopic (exact) mass is 275 g/mol. The van der Waals surface area contributed by atoms with Gasteiger partial charge in [0.05, 0.1) is 19.6 Å². The van der Waals surface area contributed by atoms with Gasteiger partial charge in [0.15, 0.2) is 0 Å². The number of furan rings is 1. The number of carbonyl (C=O) groups excluding carboxylic acids is 2. The number of para-hydroxylation sites is 1. The number of likely N-dealkylation sites (N-methyl/N-ethyl adjacent to an activating group) is 1. The maximum Gasteiger partial charge on any atom is 0.242 e. The predicted molar refractivity (Wildman–Crippen MR) is 74.8 cm³/mol. The summed E-state index contributed by atoms with van der Waals surface area (Å²) in [7, 11) is 1.66. The minimum atomic E-state index is -0.351. The van der Waals surface area contributed by atoms with E-state index >= 15 is 0 Å². The third-order valence-electron chi connectivity index (χ3n) is 2.92. The van der Waals surface area contributed by atoms with Crippen LogP contribution >= 0.6 is 0 Å². The molecule has 0 aliphatic carbocycles. The van der Waals surface area contributed by atoms with E-state index in [9.17, 15) is 9.59 Å². The minimum Gasteiger partial charge on any atom is -0.459 e. The Balaban J connectivity index is 1.94. The van der Waals surface area contributed by atoms with Crippen molar-refractivity contribution in [3.05, 3.63) is 36.1 Å². The molecule has 2 amide bonds. The molecule has 1 aromatic carbocycles. The number of fused-ring (bicyclic) bond motifs is 1. The highest BCUT2D eigenvalue weighted by molar-refractivity contribution is 5.85. The highest BCUT2D eigenvalue weighted by Gasteiger charge is 2.12. The van der Waals surface area contributed by atoms with Crippen LogP contribution in [-0.2, 0) is 16.1 Å². The van der Waals surface area contributed by atoms with Crippen molar-refractivity contribution in [2.45, 2.75) is 6.54 Å². The number of hydrogen-bond acceptors (Lipinski definition) is 4. The molecule has 106 valence electrons. The van der Waals surface area contributed by atoms with Crippen LogP contribution < -0.4 is 11.1 Å². The third kappa shape index (κ3) is 3.36. The molecule has 6 nitrogen and oxygen atoms in total. The van der Waals surface area contributed by atoms with Gasteiger partial charge in [-0.05, 0) is 12.1 Å². The second-order valence-corrected chi connectivity index (χ2v) is 4.48. The van der Waals surface area contributed by atoms with Crippen molar-refractivity contribution in [2.24, 2.45) is 5.73 Å². The summed E-state index contributed by atoms with van der Waals surface area (Å²) in [6.45, 7) is 0.166. The summed E-state index contributed by atoms with van der Waals surface area (Å²) in [6.07, 6.45) is 0. The smallest absolute Gasteiger partial charge is 0.242 e. The van der Waals surface area contributed by atoms with Gasteiger partial charge in [-0.3, -0.25) is 9.59 Å². The largest absolute Gasteiger partial charge is 0.459 e. The van der Waals surface area contributed by atoms with Gasteiger partial charge in [0.25, 0.3) is 0 Å². The summed E-state index contributed by atoms with van der Waals surface area (Å²) < 4.78 is 5.63. The number of amides is 2. The van der Waals surface area contributed by atoms with Crippen molar-refractivity contribution in [3.63, 3.8) is 0 Å². The molecule has 6 heteroatoms. The van der Waals surface area contributed by atoms with Crippen LogP contribution in [0, 0.1) is 0 Å². The topological polar surface area (TPSA) is 88.6 Å². The molecule has 0 saturated heterocycles. The minimum absolute atomic E-state index is 0.0627. The Morgan fingerprint density at radius 1 is 1.35 bits per heavy atom. The van der Waals surface area contributed by atoms with Crippen molar-refractivity contribution in [3.8, 4) is 0 Å². The Morgan fingerprint density at radius 2 is 2.10 bits per heavy atom. The molecule has 0 saturated carbocycles. The fraction of sp³-hybridized carbons (Fsp3) is 0.286. The van der Waals surface area contributed by atoms with E-state index in [2.05, 4.69) is 5.32 Å². The zero-order valence-corrected chi connectivity index (χ0v) is 11.3. The second kappa shape index (κ2) is 6.21. The molecule has 20 heavy (non-hydrogen) atoms. The summed E-state index contributed by atoms with van der Waals surface area (Å²) in [4.78, 5) is 24.3. The van der Waals surface area contributed by atoms with Gasteiger partial charge >= 0.3 is 0 Å². The van der Waals surface area contributed by atoms with Gasteiger partial charge in [-0.15, -0.1) is 0 Å². The zero-order valence-electron chi connectivity index (χ0n) is 11.3. The number of nitrogens with zero attached hydrogens (tertiary/aromatic N) is 1. The second-order valence-electron chi connectivity index (χ2n) is 4.48. The van der Waals surface area contributed by atoms with E-state index in [-0.39, 0.29) is 24.9 Å². The van der Waals surface area contributed by atoms with Crippen molar-refractivity contribution >= 4 is 22.8 Å². The van der Waals surface area contributed by atoms with Crippen LogP contribution in [0.4, 0.5) is 0 Å². The summed E-state index contributed by atoms with van der Waals surface area (Å²) >= 11 is 0. The molecular formula is C14H17N3O3. The summed E-state index contributed by atoms with van der Waals surface area (Å²) in [5.41, 5.74) is 5.94. The average molecular weight is 275 g/mol. The lowest BCUT2D eigenvalue weighted by Crippen LogP contribution is -2.40. The van der Waals surface area contributed by atoms with Gasteiger partial charge in [-0.1, -0.05) is 18.2 Å². The summed E-state index contributed by atoms with van der Waals surface area (Å²) in [5, 5.41) is 3.44. The van der Waals surface area contributed by atoms with E-state index in [0.29, 0.717) is 12.3 Å². The van der Waals surface area contributed by atoms with Crippen molar-refractivity contribution in [1.82, 2.24) is 10.2 Å². The van der Waals surface area contributed by atoms with Gasteiger partial charge in [0.2, 0.25) is 11.8 Å². The van der Waals surface area contributed by atoms with Gasteiger partial charge in [-0.25, -0.2) is 0 Å². The maximum atomic E-state index is 11.8. The van der Waals surface area contributed by atoms with Crippen LogP contribution in [0.5, 0.6) is 0 Å². The molecule has 1 heterocycles. The fourth-order valence-corrected chi connectivity index (χ4v) is 1.82. The van der Waals surface area contributed by atoms with Crippen molar-refractivity contribution in [2.75, 3.05) is 20.1 Å². The lowest BCUT2D eigenvalue weighted by atomic mass is 10.2. The zero-order chi connectivity index (χ0) is 14.5. The molecular weight excluding hydrogens is 258 g/mol. The Hall–Kier alpha value is -2.34. The van der Waals surface area contributed by atoms with Crippen LogP contribution in [0.1, 0.15) is 5.76 Å². The number of nitrogens with one attached hydrogen (secondary N) is 1. The van der Waals surface area contributed by atoms with E-state index in [1.807, 2.05) is 30.3 Å². The number of nitrogens with two attached hydrogens (primary N) is 1. The highest BCUT2D eigenvalue weighted by atomic mass is 16.3. The molecule has 0 radical (unpaired) electrons. The fourth-order valence-electron chi connectivity index (χ4n) is 1.82. The van der Waals surface area contributed by atoms with Crippen LogP contribution in [0.3, 0.4) is 0 Å². The Morgan fingerprint density at radius 3 is 2.80 bits per heavy atom. The third-order valence-corrected chi connectivity index (χ3v) is 2.92. The van der Waals surface area contributed by atoms with Crippen LogP contribution in [0.2, 0.25) is 0 Å². The SMILES string of the molecule is CN(Cc1cc2ccccc2o1)C(=O)CNC(=O)CN. The molecule has 0 aliphatic rings. The number of hydrogen-bond donors (Lipinski definition) is 2. The van der Waals surface area contributed by atoms with Crippen LogP contribution in [-0.4, -0.2) is 36.9 Å². The molecule has 1 aromatic heterocycles. The van der Waals surface area contributed by atoms with Crippen molar-refractivity contribution in [1.29, 1.82) is 0 Å². The summed E-state index contributed by atoms with van der Waals surface area (Å²) in [6, 6.07) is 9.55. The van der Waals surface area contributed by atoms with Gasteiger partial charge in [0, 0.05) is 12.4 Å². The van der Waals surface area contributed by atoms with Gasteiger partial charge in [-0.2, -0.15) is 0 Å². The molecule has 2 rings (SSSR count). The Labute approximate surface area is 116 Å². The first-order valence-electron chi connectivity index (χ1n) is 6.28. The number of carbonyl (C=O) groups is 2. The number of benzene rings is 1. The molecule has 0 atom stereocenters. The molecule has 3 N–H and O–H groups in total. The van der Waals surface area contributed by atoms with Crippen molar-refractivity contribution < 1.29 is 14.0 Å². The molecule has 0 fully saturated rings. The van der Waals surface area contributed by atoms with E-state index in [4.69, 9.17) is 10.2 Å². The summed E-state index contributed by atoms with van der Waals surface area (Å²) in [5.74, 6) is 0.148. The number of rotatable bonds is 5. The van der Waals surface area contributed by atoms with E-state index < -0.39 is 0 Å². The predicted octanol–water partition coefficient (Wildman–Crippen LogP) is 0.466. The van der Waals surface area contributed by atoms with Crippen LogP contribution in [0.25, 0.3) is 11.0 Å². The van der Waals surface area contributed by atoms with E-state index in [1.165, 1.54) is 4.90 Å². The maximum absolute atomic E-state index is 11.8. The molecule has 0 aliphatic heterocycles. The molecule has 0 spiro atoms. The molecule has 2 aromatic rings. The lowest BCUT2D eigenvalue weighted by molar-refractivity contribution is -0.132. The average Bonchev–Trinajstić information content (AvgIpc) is 2.86. The van der Waals surface area contributed by atoms with Crippen LogP contribution in [0.15, 0.2) is 34.7 Å². The Bertz CT molecular complexity index is 588. The normalized spacial score (nSPS) is 10.5. The first-order valence-corrected chi connectivity index (χ1v) is 6.28. The standard InChI is InChI=1S/C14H17N3O3/c1-17(14(19)8-16-13(18)7-15)9-11-6-10-4-2-3-5-12(10)20-11/h2-6H,7-9,15H2,1H3,(H,16,18). The Kier molecular flexibility index (Phi) is 4.37. The van der Waals surface area contributed by atoms with E-state index in [0.717, 1.165) is 11.0 Å². The lowest BCUT2D eigenvalue weighted by Gasteiger charge is -2.15. The quantitative estimate of drug-likeness (QED) is 0.830. The first kappa shape index (κ1) is 14.1. The van der Waals surface area contributed by atoms with E-state index in [1.54, 1.807) is 7.05 Å². The molecule has 0 unspecified atom stereocenters. The molecule has 0 bridgehead atoms. The van der Waals surface area contributed by atoms with Gasteiger partial charge < -0.3 is 20.4 Å². The van der Waals surface area contributed by atoms with Gasteiger partial charge in [0.1, 0.15) is 11.3 Å². The highest BCUT2D eigenvalue weighted by Crippen LogP contribution is 2.19.